The van der Waals surface area contributed by atoms with Gasteiger partial charge in [-0.1, -0.05) is 0 Å². The third kappa shape index (κ3) is 3.77. The third-order valence-corrected chi connectivity index (χ3v) is 4.76. The molecule has 0 saturated heterocycles. The van der Waals surface area contributed by atoms with Crippen molar-refractivity contribution in [3.05, 3.63) is 33.5 Å². The molecule has 0 unspecified atom stereocenters. The molecule has 0 aromatic heterocycles. The average molecular weight is 382 g/mol. The highest BCUT2D eigenvalue weighted by molar-refractivity contribution is 8.49. The molecule has 0 atom stereocenters. The zero-order valence-electron chi connectivity index (χ0n) is 12.7. The van der Waals surface area contributed by atoms with E-state index < -0.39 is 15.3 Å². The SMILES string of the molecule is CCOC(=O)SC1=N/C(=C/c2cc3c(cc2[N+](=O)[O-])OCO3)C(=O)S1. The molecule has 0 bridgehead atoms. The van der Waals surface area contributed by atoms with Gasteiger partial charge in [0, 0.05) is 11.8 Å². The van der Waals surface area contributed by atoms with Crippen molar-refractivity contribution in [3.8, 4) is 11.5 Å². The Morgan fingerprint density at radius 3 is 2.88 bits per heavy atom. The van der Waals surface area contributed by atoms with E-state index in [4.69, 9.17) is 14.2 Å². The smallest absolute Gasteiger partial charge is 0.374 e. The van der Waals surface area contributed by atoms with Crippen molar-refractivity contribution in [2.45, 2.75) is 6.92 Å². The zero-order chi connectivity index (χ0) is 18.0. The minimum atomic E-state index is -0.584. The van der Waals surface area contributed by atoms with Crippen molar-refractivity contribution in [3.63, 3.8) is 0 Å². The van der Waals surface area contributed by atoms with Gasteiger partial charge in [-0.3, -0.25) is 14.9 Å². The van der Waals surface area contributed by atoms with Gasteiger partial charge in [-0.2, -0.15) is 0 Å². The van der Waals surface area contributed by atoms with Crippen LogP contribution in [-0.2, 0) is 9.53 Å². The first-order valence-corrected chi connectivity index (χ1v) is 8.56. The Morgan fingerprint density at radius 1 is 1.48 bits per heavy atom. The second kappa shape index (κ2) is 7.15. The topological polar surface area (TPSA) is 117 Å². The zero-order valence-corrected chi connectivity index (χ0v) is 14.3. The lowest BCUT2D eigenvalue weighted by Crippen LogP contribution is -1.98. The van der Waals surface area contributed by atoms with Gasteiger partial charge >= 0.3 is 5.30 Å². The van der Waals surface area contributed by atoms with Crippen LogP contribution in [0.3, 0.4) is 0 Å². The first kappa shape index (κ1) is 17.3. The first-order valence-electron chi connectivity index (χ1n) is 6.93. The molecular weight excluding hydrogens is 372 g/mol. The summed E-state index contributed by atoms with van der Waals surface area (Å²) in [6.07, 6.45) is 1.29. The van der Waals surface area contributed by atoms with E-state index in [0.29, 0.717) is 17.5 Å². The second-order valence-electron chi connectivity index (χ2n) is 4.60. The van der Waals surface area contributed by atoms with E-state index in [1.54, 1.807) is 6.92 Å². The number of ether oxygens (including phenoxy) is 3. The Labute approximate surface area is 149 Å². The summed E-state index contributed by atoms with van der Waals surface area (Å²) in [6.45, 7) is 1.85. The Morgan fingerprint density at radius 2 is 2.20 bits per heavy atom. The van der Waals surface area contributed by atoms with Gasteiger partial charge in [-0.15, -0.1) is 0 Å². The van der Waals surface area contributed by atoms with Crippen LogP contribution in [0.25, 0.3) is 6.08 Å². The Bertz CT molecular complexity index is 835. The van der Waals surface area contributed by atoms with E-state index in [0.717, 1.165) is 11.8 Å². The number of nitro groups is 1. The molecule has 1 aromatic rings. The number of hydrogen-bond acceptors (Lipinski definition) is 10. The summed E-state index contributed by atoms with van der Waals surface area (Å²) >= 11 is 1.46. The summed E-state index contributed by atoms with van der Waals surface area (Å²) in [5.74, 6) is 0.615. The molecular formula is C14H10N2O7S2. The highest BCUT2D eigenvalue weighted by Crippen LogP contribution is 2.40. The van der Waals surface area contributed by atoms with E-state index in [1.165, 1.54) is 18.2 Å². The molecule has 130 valence electrons. The van der Waals surface area contributed by atoms with Crippen LogP contribution < -0.4 is 9.47 Å². The minimum absolute atomic E-state index is 0.00114. The van der Waals surface area contributed by atoms with Crippen molar-refractivity contribution in [1.29, 1.82) is 0 Å². The summed E-state index contributed by atoms with van der Waals surface area (Å²) in [6, 6.07) is 2.65. The van der Waals surface area contributed by atoms with Crippen LogP contribution in [0, 0.1) is 10.1 Å². The van der Waals surface area contributed by atoms with Crippen molar-refractivity contribution in [2.24, 2.45) is 4.99 Å². The van der Waals surface area contributed by atoms with E-state index >= 15 is 0 Å². The van der Waals surface area contributed by atoms with E-state index in [9.17, 15) is 19.7 Å². The van der Waals surface area contributed by atoms with Crippen LogP contribution in [0.5, 0.6) is 11.5 Å². The number of aliphatic imine (C=N–C) groups is 1. The van der Waals surface area contributed by atoms with Gasteiger partial charge < -0.3 is 14.2 Å². The van der Waals surface area contributed by atoms with Crippen molar-refractivity contribution < 1.29 is 28.7 Å². The summed E-state index contributed by atoms with van der Waals surface area (Å²) in [4.78, 5) is 38.2. The molecule has 0 aliphatic carbocycles. The molecule has 3 rings (SSSR count). The summed E-state index contributed by atoms with van der Waals surface area (Å²) in [7, 11) is 0. The maximum Gasteiger partial charge on any atom is 0.374 e. The molecule has 0 saturated carbocycles. The normalized spacial score (nSPS) is 16.9. The quantitative estimate of drug-likeness (QED) is 0.336. The molecule has 0 spiro atoms. The molecule has 0 amide bonds. The number of carbonyl (C=O) groups excluding carboxylic acids is 2. The van der Waals surface area contributed by atoms with Gasteiger partial charge in [0.15, 0.2) is 11.5 Å². The van der Waals surface area contributed by atoms with E-state index in [2.05, 4.69) is 4.99 Å². The molecule has 0 N–H and O–H groups in total. The van der Waals surface area contributed by atoms with Gasteiger partial charge in [-0.25, -0.2) is 9.79 Å². The van der Waals surface area contributed by atoms with Crippen LogP contribution in [-0.4, -0.2) is 33.1 Å². The highest BCUT2D eigenvalue weighted by Gasteiger charge is 2.28. The lowest BCUT2D eigenvalue weighted by molar-refractivity contribution is -0.385. The maximum atomic E-state index is 12.0. The molecule has 11 heteroatoms. The fraction of sp³-hybridized carbons (Fsp3) is 0.214. The molecule has 2 aliphatic rings. The van der Waals surface area contributed by atoms with Crippen molar-refractivity contribution in [1.82, 2.24) is 0 Å². The van der Waals surface area contributed by atoms with Gasteiger partial charge in [0.05, 0.1) is 23.2 Å². The molecule has 2 heterocycles. The molecule has 0 fully saturated rings. The van der Waals surface area contributed by atoms with Gasteiger partial charge in [0.1, 0.15) is 10.1 Å². The molecule has 9 nitrogen and oxygen atoms in total. The van der Waals surface area contributed by atoms with Gasteiger partial charge in [0.2, 0.25) is 11.9 Å². The number of rotatable bonds is 3. The monoisotopic (exact) mass is 382 g/mol. The van der Waals surface area contributed by atoms with Crippen LogP contribution >= 0.6 is 23.5 Å². The molecule has 1 aromatic carbocycles. The van der Waals surface area contributed by atoms with Crippen LogP contribution in [0.2, 0.25) is 0 Å². The molecule has 25 heavy (non-hydrogen) atoms. The maximum absolute atomic E-state index is 12.0. The van der Waals surface area contributed by atoms with Gasteiger partial charge in [0.25, 0.3) is 5.69 Å². The highest BCUT2D eigenvalue weighted by atomic mass is 32.2. The lowest BCUT2D eigenvalue weighted by Gasteiger charge is -2.01. The number of hydrogen-bond donors (Lipinski definition) is 0. The number of fused-ring (bicyclic) bond motifs is 1. The summed E-state index contributed by atoms with van der Waals surface area (Å²) < 4.78 is 15.3. The van der Waals surface area contributed by atoms with Crippen LogP contribution in [0.15, 0.2) is 22.8 Å². The average Bonchev–Trinajstić information content (AvgIpc) is 3.13. The van der Waals surface area contributed by atoms with Crippen LogP contribution in [0.4, 0.5) is 10.5 Å². The fourth-order valence-electron chi connectivity index (χ4n) is 2.02. The Hall–Kier alpha value is -2.53. The predicted molar refractivity (Wildman–Crippen MR) is 91.8 cm³/mol. The lowest BCUT2D eigenvalue weighted by atomic mass is 10.1. The van der Waals surface area contributed by atoms with E-state index in [1.807, 2.05) is 0 Å². The largest absolute Gasteiger partial charge is 0.458 e. The third-order valence-electron chi connectivity index (χ3n) is 3.04. The van der Waals surface area contributed by atoms with Crippen molar-refractivity contribution >= 4 is 50.1 Å². The summed E-state index contributed by atoms with van der Waals surface area (Å²) in [5, 5.41) is 10.3. The fourth-order valence-corrected chi connectivity index (χ4v) is 3.59. The van der Waals surface area contributed by atoms with Crippen molar-refractivity contribution in [2.75, 3.05) is 13.4 Å². The van der Waals surface area contributed by atoms with Crippen LogP contribution in [0.1, 0.15) is 12.5 Å². The first-order chi connectivity index (χ1) is 12.0. The number of carbonyl (C=O) groups is 2. The predicted octanol–water partition coefficient (Wildman–Crippen LogP) is 3.18. The Kier molecular flexibility index (Phi) is 4.95. The Balaban J connectivity index is 1.92. The molecule has 0 radical (unpaired) electrons. The number of thioether (sulfide) groups is 2. The standard InChI is InChI=1S/C14H10N2O7S2/c1-2-21-14(18)25-13-15-8(12(17)24-13)3-7-4-10-11(23-6-22-10)5-9(7)16(19)20/h3-5H,2,6H2,1H3/b8-3+. The number of benzene rings is 1. The number of nitro benzene ring substituents is 1. The molecule has 2 aliphatic heterocycles. The second-order valence-corrected chi connectivity index (χ2v) is 6.75. The van der Waals surface area contributed by atoms with E-state index in [-0.39, 0.29) is 40.5 Å². The summed E-state index contributed by atoms with van der Waals surface area (Å²) in [5.41, 5.74) is -0.0839. The number of nitrogens with zero attached hydrogens (tertiary/aromatic N) is 2. The van der Waals surface area contributed by atoms with Gasteiger partial charge in [-0.05, 0) is 30.8 Å². The minimum Gasteiger partial charge on any atom is -0.458 e.